The van der Waals surface area contributed by atoms with Crippen LogP contribution in [0.4, 0.5) is 9.59 Å². The maximum atomic E-state index is 13.4. The average Bonchev–Trinajstić information content (AvgIpc) is 4.09. The number of fused-ring (bicyclic) bond motifs is 2. The van der Waals surface area contributed by atoms with E-state index in [9.17, 15) is 19.2 Å². The second kappa shape index (κ2) is 15.7. The first-order valence-electron chi connectivity index (χ1n) is 20.3. The van der Waals surface area contributed by atoms with Gasteiger partial charge in [0.2, 0.25) is 11.8 Å². The highest BCUT2D eigenvalue weighted by atomic mass is 16.5. The lowest BCUT2D eigenvalue weighted by Crippen LogP contribution is -2.46. The number of aromatic nitrogens is 4. The third-order valence-corrected chi connectivity index (χ3v) is 12.7. The van der Waals surface area contributed by atoms with Crippen molar-refractivity contribution in [2.75, 3.05) is 27.3 Å². The number of carbonyl (C=O) groups excluding carboxylic acids is 4. The highest BCUT2D eigenvalue weighted by Crippen LogP contribution is 2.55. The van der Waals surface area contributed by atoms with Crippen molar-refractivity contribution in [3.63, 3.8) is 0 Å². The summed E-state index contributed by atoms with van der Waals surface area (Å²) in [5.74, 6) is 1.19. The van der Waals surface area contributed by atoms with Crippen molar-refractivity contribution in [1.82, 2.24) is 40.4 Å². The van der Waals surface area contributed by atoms with Gasteiger partial charge in [-0.3, -0.25) is 9.59 Å². The smallest absolute Gasteiger partial charge is 0.407 e. The highest BCUT2D eigenvalue weighted by molar-refractivity contribution is 5.87. The SMILES string of the molecule is COC(=O)NC(C)C(=O)N1CCCC1c1ncc(-c2ccc(-c3ccc(-c4cnc(C5CCCN5C(=O)C(C)NC(=O)OC)[nH]4)c4c3C3(CCCC3)CC4)cc2)[nH]1. The van der Waals surface area contributed by atoms with E-state index in [0.717, 1.165) is 67.1 Å². The third-order valence-electron chi connectivity index (χ3n) is 12.7. The van der Waals surface area contributed by atoms with Crippen LogP contribution in [-0.2, 0) is 30.9 Å². The molecule has 4 amide bonds. The molecule has 300 valence electrons. The van der Waals surface area contributed by atoms with Crippen LogP contribution < -0.4 is 10.6 Å². The predicted molar refractivity (Wildman–Crippen MR) is 213 cm³/mol. The van der Waals surface area contributed by atoms with Gasteiger partial charge in [-0.25, -0.2) is 19.6 Å². The predicted octanol–water partition coefficient (Wildman–Crippen LogP) is 6.71. The van der Waals surface area contributed by atoms with Crippen molar-refractivity contribution in [2.45, 2.75) is 108 Å². The number of alkyl carbamates (subject to hydrolysis) is 2. The molecule has 0 radical (unpaired) electrons. The minimum Gasteiger partial charge on any atom is -0.453 e. The fraction of sp³-hybridized carbons (Fsp3) is 0.488. The summed E-state index contributed by atoms with van der Waals surface area (Å²) in [5.41, 5.74) is 9.49. The van der Waals surface area contributed by atoms with Gasteiger partial charge in [-0.15, -0.1) is 0 Å². The summed E-state index contributed by atoms with van der Waals surface area (Å²) in [6.45, 7) is 4.56. The van der Waals surface area contributed by atoms with Crippen LogP contribution in [0.2, 0.25) is 0 Å². The zero-order valence-electron chi connectivity index (χ0n) is 33.2. The zero-order chi connectivity index (χ0) is 39.8. The molecule has 4 aliphatic rings. The number of imidazole rings is 2. The van der Waals surface area contributed by atoms with Crippen LogP contribution in [0.3, 0.4) is 0 Å². The molecule has 4 N–H and O–H groups in total. The highest BCUT2D eigenvalue weighted by Gasteiger charge is 2.44. The molecule has 4 unspecified atom stereocenters. The van der Waals surface area contributed by atoms with E-state index in [1.165, 1.54) is 67.7 Å². The number of carbonyl (C=O) groups is 4. The minimum absolute atomic E-state index is 0.151. The Morgan fingerprint density at radius 1 is 0.702 bits per heavy atom. The van der Waals surface area contributed by atoms with Crippen LogP contribution >= 0.6 is 0 Å². The molecule has 1 spiro atoms. The van der Waals surface area contributed by atoms with E-state index < -0.39 is 24.3 Å². The second-order valence-corrected chi connectivity index (χ2v) is 16.0. The molecule has 4 heterocycles. The lowest BCUT2D eigenvalue weighted by atomic mass is 9.76. The summed E-state index contributed by atoms with van der Waals surface area (Å²) in [4.78, 5) is 70.4. The maximum absolute atomic E-state index is 13.4. The molecular formula is C43H52N8O6. The Morgan fingerprint density at radius 2 is 1.21 bits per heavy atom. The first-order chi connectivity index (χ1) is 27.6. The first-order valence-corrected chi connectivity index (χ1v) is 20.3. The average molecular weight is 777 g/mol. The van der Waals surface area contributed by atoms with Gasteiger partial charge in [0.15, 0.2) is 0 Å². The molecule has 4 aromatic rings. The van der Waals surface area contributed by atoms with Gasteiger partial charge in [-0.2, -0.15) is 0 Å². The van der Waals surface area contributed by atoms with Gasteiger partial charge in [0.1, 0.15) is 23.7 Å². The molecule has 2 saturated heterocycles. The van der Waals surface area contributed by atoms with Gasteiger partial charge in [0, 0.05) is 18.7 Å². The van der Waals surface area contributed by atoms with Gasteiger partial charge in [0.05, 0.1) is 50.1 Å². The Balaban J connectivity index is 1.04. The van der Waals surface area contributed by atoms with Crippen molar-refractivity contribution in [1.29, 1.82) is 0 Å². The zero-order valence-corrected chi connectivity index (χ0v) is 33.2. The van der Waals surface area contributed by atoms with Gasteiger partial charge >= 0.3 is 12.2 Å². The van der Waals surface area contributed by atoms with Gasteiger partial charge < -0.3 is 39.9 Å². The number of nitrogens with zero attached hydrogens (tertiary/aromatic N) is 4. The van der Waals surface area contributed by atoms with Gasteiger partial charge in [-0.05, 0) is 98.4 Å². The fourth-order valence-corrected chi connectivity index (χ4v) is 9.89. The van der Waals surface area contributed by atoms with Crippen molar-refractivity contribution in [3.8, 4) is 33.6 Å². The minimum atomic E-state index is -0.705. The number of hydrogen-bond acceptors (Lipinski definition) is 8. The van der Waals surface area contributed by atoms with Crippen LogP contribution in [0.5, 0.6) is 0 Å². The van der Waals surface area contributed by atoms with Crippen molar-refractivity contribution in [2.24, 2.45) is 0 Å². The van der Waals surface area contributed by atoms with Gasteiger partial charge in [0.25, 0.3) is 0 Å². The van der Waals surface area contributed by atoms with Crippen LogP contribution in [0, 0.1) is 0 Å². The number of aromatic amines is 2. The molecule has 57 heavy (non-hydrogen) atoms. The number of nitrogens with one attached hydrogen (secondary N) is 4. The van der Waals surface area contributed by atoms with Crippen LogP contribution in [0.25, 0.3) is 33.6 Å². The topological polar surface area (TPSA) is 175 Å². The van der Waals surface area contributed by atoms with E-state index in [0.29, 0.717) is 13.1 Å². The van der Waals surface area contributed by atoms with E-state index in [4.69, 9.17) is 14.7 Å². The molecule has 2 aliphatic heterocycles. The van der Waals surface area contributed by atoms with Crippen LogP contribution in [0.1, 0.15) is 106 Å². The van der Waals surface area contributed by atoms with E-state index in [1.807, 2.05) is 17.3 Å². The Labute approximate surface area is 332 Å². The van der Waals surface area contributed by atoms with E-state index in [2.05, 4.69) is 61.7 Å². The first kappa shape index (κ1) is 38.2. The molecule has 8 rings (SSSR count). The largest absolute Gasteiger partial charge is 0.453 e. The molecule has 0 bridgehead atoms. The lowest BCUT2D eigenvalue weighted by molar-refractivity contribution is -0.134. The summed E-state index contributed by atoms with van der Waals surface area (Å²) in [7, 11) is 2.57. The third kappa shape index (κ3) is 7.14. The molecule has 2 aromatic carbocycles. The maximum Gasteiger partial charge on any atom is 0.407 e. The van der Waals surface area contributed by atoms with Crippen LogP contribution in [0.15, 0.2) is 48.8 Å². The summed E-state index contributed by atoms with van der Waals surface area (Å²) in [5, 5.41) is 5.19. The molecule has 2 aromatic heterocycles. The molecule has 2 aliphatic carbocycles. The molecular weight excluding hydrogens is 725 g/mol. The van der Waals surface area contributed by atoms with E-state index in [1.54, 1.807) is 18.7 Å². The molecule has 3 fully saturated rings. The van der Waals surface area contributed by atoms with Crippen LogP contribution in [-0.4, -0.2) is 93.1 Å². The molecule has 14 nitrogen and oxygen atoms in total. The lowest BCUT2D eigenvalue weighted by Gasteiger charge is -2.28. The summed E-state index contributed by atoms with van der Waals surface area (Å²) < 4.78 is 9.39. The number of hydrogen-bond donors (Lipinski definition) is 4. The summed E-state index contributed by atoms with van der Waals surface area (Å²) >= 11 is 0. The standard InChI is InChI=1S/C43H52N8O6/c1-25(46-41(54)56-3)39(52)50-21-7-9-34(50)37-44-23-32(48-37)28-13-11-27(12-14-28)29-15-16-30(31-17-20-43(36(29)31)18-5-6-19-43)33-24-45-38(49-33)35-10-8-22-51(35)40(53)26(2)47-42(55)57-4/h11-16,23-26,34-35H,5-10,17-22H2,1-4H3,(H,44,48)(H,45,49)(H,46,54)(H,47,55). The Hall–Kier alpha value is -5.66. The Kier molecular flexibility index (Phi) is 10.5. The number of H-pyrrole nitrogens is 2. The molecule has 1 saturated carbocycles. The Morgan fingerprint density at radius 3 is 1.77 bits per heavy atom. The Bertz CT molecular complexity index is 2150. The fourth-order valence-electron chi connectivity index (χ4n) is 9.89. The van der Waals surface area contributed by atoms with Gasteiger partial charge in [-0.1, -0.05) is 49.2 Å². The monoisotopic (exact) mass is 776 g/mol. The molecule has 4 atom stereocenters. The normalized spacial score (nSPS) is 20.7. The van der Waals surface area contributed by atoms with Crippen molar-refractivity contribution in [3.05, 3.63) is 71.6 Å². The molecule has 14 heteroatoms. The number of likely N-dealkylation sites (tertiary alicyclic amines) is 2. The number of benzene rings is 2. The van der Waals surface area contributed by atoms with Crippen molar-refractivity contribution >= 4 is 24.0 Å². The second-order valence-electron chi connectivity index (χ2n) is 16.0. The van der Waals surface area contributed by atoms with Crippen molar-refractivity contribution < 1.29 is 28.7 Å². The summed E-state index contributed by atoms with van der Waals surface area (Å²) in [6.07, 6.45) is 12.8. The summed E-state index contributed by atoms with van der Waals surface area (Å²) in [6, 6.07) is 11.4. The van der Waals surface area contributed by atoms with E-state index in [-0.39, 0.29) is 29.3 Å². The van der Waals surface area contributed by atoms with E-state index >= 15 is 0 Å². The quantitative estimate of drug-likeness (QED) is 0.145. The number of rotatable bonds is 9. The number of amides is 4. The number of ether oxygens (including phenoxy) is 2. The number of methoxy groups -OCH3 is 2.